The largest absolute Gasteiger partial charge is 0.461 e. The Bertz CT molecular complexity index is 687. The minimum absolute atomic E-state index is 0.136. The zero-order valence-corrected chi connectivity index (χ0v) is 21.4. The first-order valence-electron chi connectivity index (χ1n) is 11.6. The summed E-state index contributed by atoms with van der Waals surface area (Å²) in [5.74, 6) is 1.37. The maximum Gasteiger partial charge on any atom is 0.311 e. The summed E-state index contributed by atoms with van der Waals surface area (Å²) in [5, 5.41) is 0. The molecule has 2 aliphatic carbocycles. The van der Waals surface area contributed by atoms with Crippen LogP contribution in [0.3, 0.4) is 0 Å². The number of halogens is 1. The number of hydrogen-bond donors (Lipinski definition) is 0. The number of ether oxygens (including phenoxy) is 1. The van der Waals surface area contributed by atoms with Gasteiger partial charge < -0.3 is 4.74 Å². The van der Waals surface area contributed by atoms with E-state index in [9.17, 15) is 9.59 Å². The highest BCUT2D eigenvalue weighted by atomic mass is 79.9. The zero-order valence-electron chi connectivity index (χ0n) is 19.9. The molecule has 4 heteroatoms. The highest BCUT2D eigenvalue weighted by Crippen LogP contribution is 2.60. The van der Waals surface area contributed by atoms with Gasteiger partial charge in [0.25, 0.3) is 0 Å². The van der Waals surface area contributed by atoms with E-state index in [4.69, 9.17) is 4.74 Å². The Kier molecular flexibility index (Phi) is 8.58. The first-order chi connectivity index (χ1) is 14.0. The van der Waals surface area contributed by atoms with E-state index < -0.39 is 5.41 Å². The molecule has 0 spiro atoms. The Morgan fingerprint density at radius 3 is 2.57 bits per heavy atom. The fraction of sp³-hybridized carbons (Fsp3) is 0.769. The summed E-state index contributed by atoms with van der Waals surface area (Å²) in [7, 11) is 0. The molecule has 5 atom stereocenters. The molecule has 2 rings (SSSR count). The molecule has 0 radical (unpaired) electrons. The van der Waals surface area contributed by atoms with E-state index in [2.05, 4.69) is 41.3 Å². The summed E-state index contributed by atoms with van der Waals surface area (Å²) >= 11 is 3.59. The molecule has 3 nitrogen and oxygen atoms in total. The van der Waals surface area contributed by atoms with Crippen molar-refractivity contribution in [2.45, 2.75) is 86.5 Å². The molecule has 2 aliphatic rings. The average molecular weight is 482 g/mol. The van der Waals surface area contributed by atoms with Crippen molar-refractivity contribution in [1.82, 2.24) is 0 Å². The van der Waals surface area contributed by atoms with Crippen LogP contribution in [0.25, 0.3) is 0 Å². The zero-order chi connectivity index (χ0) is 22.7. The summed E-state index contributed by atoms with van der Waals surface area (Å²) < 4.78 is 5.42. The van der Waals surface area contributed by atoms with Gasteiger partial charge in [-0.25, -0.2) is 0 Å². The van der Waals surface area contributed by atoms with Gasteiger partial charge >= 0.3 is 5.97 Å². The predicted octanol–water partition coefficient (Wildman–Crippen LogP) is 7.25. The number of esters is 1. The second kappa shape index (κ2) is 10.1. The number of carbonyl (C=O) groups excluding carboxylic acids is 2. The number of carbonyl (C=O) groups is 2. The third kappa shape index (κ3) is 5.47. The maximum atomic E-state index is 13.2. The van der Waals surface area contributed by atoms with E-state index >= 15 is 0 Å². The van der Waals surface area contributed by atoms with Crippen LogP contribution < -0.4 is 0 Å². The highest BCUT2D eigenvalue weighted by molar-refractivity contribution is 9.11. The van der Waals surface area contributed by atoms with Gasteiger partial charge in [-0.3, -0.25) is 9.59 Å². The van der Waals surface area contributed by atoms with Crippen LogP contribution in [0.4, 0.5) is 0 Å². The quantitative estimate of drug-likeness (QED) is 0.271. The topological polar surface area (TPSA) is 43.4 Å². The van der Waals surface area contributed by atoms with Crippen molar-refractivity contribution in [2.24, 2.45) is 34.5 Å². The standard InChI is InChI=1S/C26H41BrO3/c1-8-20(18(3)16-30-24(29)25(4,5)6)23(28)14-17(2)21-11-12-22-19(15-27)10-9-13-26(21,22)7/h15,17,20-22H,3,8-14,16H2,1-2,4-7H3/b19-15+/t17-,20+,21-,22+,26-/m1/s1. The fourth-order valence-electron chi connectivity index (χ4n) is 5.97. The molecule has 0 bridgehead atoms. The lowest BCUT2D eigenvalue weighted by molar-refractivity contribution is -0.152. The molecule has 0 aliphatic heterocycles. The van der Waals surface area contributed by atoms with Crippen molar-refractivity contribution >= 4 is 27.7 Å². The lowest BCUT2D eigenvalue weighted by Gasteiger charge is -2.44. The van der Waals surface area contributed by atoms with Crippen LogP contribution in [0.15, 0.2) is 22.7 Å². The van der Waals surface area contributed by atoms with E-state index in [0.29, 0.717) is 36.0 Å². The van der Waals surface area contributed by atoms with Crippen LogP contribution in [-0.2, 0) is 14.3 Å². The molecule has 0 aromatic rings. The van der Waals surface area contributed by atoms with Crippen LogP contribution in [-0.4, -0.2) is 18.4 Å². The molecule has 0 aromatic carbocycles. The first kappa shape index (κ1) is 25.4. The summed E-state index contributed by atoms with van der Waals surface area (Å²) in [4.78, 5) is 27.4. The summed E-state index contributed by atoms with van der Waals surface area (Å²) in [5.41, 5.74) is 2.05. The van der Waals surface area contributed by atoms with Crippen LogP contribution in [0.1, 0.15) is 86.5 Å². The Labute approximate surface area is 192 Å². The van der Waals surface area contributed by atoms with Crippen LogP contribution in [0.2, 0.25) is 0 Å². The fourth-order valence-corrected chi connectivity index (χ4v) is 6.51. The number of hydrogen-bond acceptors (Lipinski definition) is 3. The minimum Gasteiger partial charge on any atom is -0.461 e. The van der Waals surface area contributed by atoms with Gasteiger partial charge in [0.15, 0.2) is 0 Å². The molecular weight excluding hydrogens is 440 g/mol. The van der Waals surface area contributed by atoms with Crippen LogP contribution >= 0.6 is 15.9 Å². The molecule has 0 N–H and O–H groups in total. The second-order valence-electron chi connectivity index (χ2n) is 10.9. The molecule has 0 amide bonds. The molecule has 0 saturated heterocycles. The Balaban J connectivity index is 2.00. The first-order valence-corrected chi connectivity index (χ1v) is 12.5. The SMILES string of the molecule is C=C(COC(=O)C(C)(C)C)[C@H](CC)C(=O)C[C@@H](C)[C@H]1CC[C@H]2/C(=C/Br)CCC[C@]12C. The molecule has 2 fully saturated rings. The Hall–Kier alpha value is -0.900. The van der Waals surface area contributed by atoms with Crippen molar-refractivity contribution in [3.05, 3.63) is 22.7 Å². The monoisotopic (exact) mass is 480 g/mol. The highest BCUT2D eigenvalue weighted by Gasteiger charge is 2.50. The number of Topliss-reactive ketones (excluding diaryl/α,β-unsaturated/α-hetero) is 1. The maximum absolute atomic E-state index is 13.2. The number of fused-ring (bicyclic) bond motifs is 1. The van der Waals surface area contributed by atoms with Gasteiger partial charge in [0, 0.05) is 12.3 Å². The molecule has 170 valence electrons. The number of rotatable bonds is 8. The normalized spacial score (nSPS) is 29.9. The van der Waals surface area contributed by atoms with Crippen LogP contribution in [0, 0.1) is 34.5 Å². The smallest absolute Gasteiger partial charge is 0.311 e. The number of ketones is 1. The lowest BCUT2D eigenvalue weighted by Crippen LogP contribution is -2.37. The number of allylic oxidation sites excluding steroid dienone is 1. The third-order valence-corrected chi connectivity index (χ3v) is 8.27. The average Bonchev–Trinajstić information content (AvgIpc) is 3.02. The molecule has 0 heterocycles. The third-order valence-electron chi connectivity index (χ3n) is 7.68. The molecule has 2 saturated carbocycles. The predicted molar refractivity (Wildman–Crippen MR) is 127 cm³/mol. The van der Waals surface area contributed by atoms with E-state index in [1.165, 1.54) is 32.1 Å². The Morgan fingerprint density at radius 2 is 2.00 bits per heavy atom. The van der Waals surface area contributed by atoms with Crippen molar-refractivity contribution in [3.63, 3.8) is 0 Å². The van der Waals surface area contributed by atoms with Crippen LogP contribution in [0.5, 0.6) is 0 Å². The van der Waals surface area contributed by atoms with Gasteiger partial charge in [-0.05, 0) is 93.0 Å². The van der Waals surface area contributed by atoms with Gasteiger partial charge in [0.05, 0.1) is 5.41 Å². The van der Waals surface area contributed by atoms with E-state index in [0.717, 1.165) is 5.57 Å². The van der Waals surface area contributed by atoms with E-state index in [1.54, 1.807) is 5.57 Å². The lowest BCUT2D eigenvalue weighted by atomic mass is 9.61. The second-order valence-corrected chi connectivity index (χ2v) is 11.3. The summed E-state index contributed by atoms with van der Waals surface area (Å²) in [6.07, 6.45) is 7.46. The summed E-state index contributed by atoms with van der Waals surface area (Å²) in [6, 6.07) is 0. The van der Waals surface area contributed by atoms with Crippen molar-refractivity contribution < 1.29 is 14.3 Å². The van der Waals surface area contributed by atoms with Gasteiger partial charge in [-0.1, -0.05) is 48.9 Å². The van der Waals surface area contributed by atoms with Gasteiger partial charge in [0.2, 0.25) is 0 Å². The van der Waals surface area contributed by atoms with Crippen molar-refractivity contribution in [2.75, 3.05) is 6.61 Å². The summed E-state index contributed by atoms with van der Waals surface area (Å²) in [6.45, 7) is 16.5. The van der Waals surface area contributed by atoms with Crippen molar-refractivity contribution in [3.8, 4) is 0 Å². The molecule has 30 heavy (non-hydrogen) atoms. The van der Waals surface area contributed by atoms with Gasteiger partial charge in [-0.15, -0.1) is 0 Å². The van der Waals surface area contributed by atoms with Crippen molar-refractivity contribution in [1.29, 1.82) is 0 Å². The minimum atomic E-state index is -0.544. The van der Waals surface area contributed by atoms with Gasteiger partial charge in [0.1, 0.15) is 12.4 Å². The van der Waals surface area contributed by atoms with E-state index in [1.807, 2.05) is 27.7 Å². The van der Waals surface area contributed by atoms with E-state index in [-0.39, 0.29) is 24.3 Å². The Morgan fingerprint density at radius 1 is 1.33 bits per heavy atom. The molecule has 0 unspecified atom stereocenters. The van der Waals surface area contributed by atoms with Gasteiger partial charge in [-0.2, -0.15) is 0 Å². The molecule has 0 aromatic heterocycles. The molecular formula is C26H41BrO3.